The summed E-state index contributed by atoms with van der Waals surface area (Å²) in [5, 5.41) is 18.8. The molecule has 0 saturated heterocycles. The molecule has 0 saturated carbocycles. The van der Waals surface area contributed by atoms with Crippen LogP contribution in [-0.4, -0.2) is 27.2 Å². The van der Waals surface area contributed by atoms with Gasteiger partial charge in [-0.05, 0) is 23.8 Å². The molecule has 0 aliphatic heterocycles. The van der Waals surface area contributed by atoms with E-state index in [9.17, 15) is 14.9 Å². The van der Waals surface area contributed by atoms with Crippen molar-refractivity contribution in [1.29, 1.82) is 0 Å². The van der Waals surface area contributed by atoms with Crippen molar-refractivity contribution in [1.82, 2.24) is 9.78 Å². The molecule has 1 amide bonds. The first kappa shape index (κ1) is 19.7. The van der Waals surface area contributed by atoms with E-state index in [0.717, 1.165) is 5.56 Å². The van der Waals surface area contributed by atoms with Gasteiger partial charge in [0.2, 0.25) is 0 Å². The summed E-state index contributed by atoms with van der Waals surface area (Å²) in [5.41, 5.74) is 0.569. The maximum absolute atomic E-state index is 12.2. The molecule has 8 nitrogen and oxygen atoms in total. The molecule has 0 aliphatic carbocycles. The summed E-state index contributed by atoms with van der Waals surface area (Å²) in [5.74, 6) is -0.0339. The van der Waals surface area contributed by atoms with Crippen LogP contribution in [-0.2, 0) is 11.3 Å². The number of anilines is 1. The standard InChI is InChI=1S/C18H14Cl2N4O4/c19-13-6-5-12(14(20)9-13)10-23-17(7-8-21-23)22-18(25)11-28-16-4-2-1-3-15(16)24(26)27/h1-9H,10-11H2,(H,22,25). The highest BCUT2D eigenvalue weighted by Crippen LogP contribution is 2.26. The Labute approximate surface area is 169 Å². The van der Waals surface area contributed by atoms with Gasteiger partial charge >= 0.3 is 5.69 Å². The van der Waals surface area contributed by atoms with E-state index in [1.807, 2.05) is 0 Å². The van der Waals surface area contributed by atoms with Crippen LogP contribution >= 0.6 is 23.2 Å². The van der Waals surface area contributed by atoms with Crippen molar-refractivity contribution in [3.8, 4) is 5.75 Å². The summed E-state index contributed by atoms with van der Waals surface area (Å²) in [6.45, 7) is -0.0681. The van der Waals surface area contributed by atoms with E-state index in [0.29, 0.717) is 22.4 Å². The molecule has 0 spiro atoms. The first-order valence-corrected chi connectivity index (χ1v) is 8.81. The van der Waals surface area contributed by atoms with E-state index in [1.54, 1.807) is 35.0 Å². The molecule has 0 radical (unpaired) electrons. The average Bonchev–Trinajstić information content (AvgIpc) is 3.09. The predicted octanol–water partition coefficient (Wildman–Crippen LogP) is 4.16. The molecule has 3 rings (SSSR count). The maximum Gasteiger partial charge on any atom is 0.310 e. The van der Waals surface area contributed by atoms with Gasteiger partial charge in [-0.15, -0.1) is 0 Å². The summed E-state index contributed by atoms with van der Waals surface area (Å²) in [6.07, 6.45) is 1.53. The summed E-state index contributed by atoms with van der Waals surface area (Å²) < 4.78 is 6.83. The van der Waals surface area contributed by atoms with E-state index in [4.69, 9.17) is 27.9 Å². The number of carbonyl (C=O) groups is 1. The number of aromatic nitrogens is 2. The van der Waals surface area contributed by atoms with E-state index in [-0.39, 0.29) is 11.4 Å². The highest BCUT2D eigenvalue weighted by Gasteiger charge is 2.16. The monoisotopic (exact) mass is 420 g/mol. The second-order valence-electron chi connectivity index (χ2n) is 5.67. The number of hydrogen-bond acceptors (Lipinski definition) is 5. The normalized spacial score (nSPS) is 10.5. The van der Waals surface area contributed by atoms with Crippen LogP contribution in [0, 0.1) is 10.1 Å². The maximum atomic E-state index is 12.2. The third-order valence-corrected chi connectivity index (χ3v) is 4.33. The second-order valence-corrected chi connectivity index (χ2v) is 6.52. The number of nitro benzene ring substituents is 1. The third-order valence-electron chi connectivity index (χ3n) is 3.74. The summed E-state index contributed by atoms with van der Waals surface area (Å²) >= 11 is 12.1. The number of nitro groups is 1. The van der Waals surface area contributed by atoms with Gasteiger partial charge in [-0.3, -0.25) is 14.9 Å². The van der Waals surface area contributed by atoms with Crippen LogP contribution in [0.3, 0.4) is 0 Å². The Morgan fingerprint density at radius 3 is 2.75 bits per heavy atom. The van der Waals surface area contributed by atoms with Gasteiger partial charge in [0.25, 0.3) is 5.91 Å². The first-order chi connectivity index (χ1) is 13.4. The summed E-state index contributed by atoms with van der Waals surface area (Å²) in [6, 6.07) is 12.6. The minimum Gasteiger partial charge on any atom is -0.477 e. The number of nitrogens with zero attached hydrogens (tertiary/aromatic N) is 3. The summed E-state index contributed by atoms with van der Waals surface area (Å²) in [4.78, 5) is 22.6. The molecule has 2 aromatic carbocycles. The lowest BCUT2D eigenvalue weighted by Crippen LogP contribution is -2.22. The molecule has 144 valence electrons. The molecular weight excluding hydrogens is 407 g/mol. The smallest absolute Gasteiger partial charge is 0.310 e. The molecule has 28 heavy (non-hydrogen) atoms. The fourth-order valence-corrected chi connectivity index (χ4v) is 2.90. The number of halogens is 2. The second kappa shape index (κ2) is 8.73. The van der Waals surface area contributed by atoms with Crippen LogP contribution in [0.2, 0.25) is 10.0 Å². The van der Waals surface area contributed by atoms with Gasteiger partial charge in [0.1, 0.15) is 5.82 Å². The van der Waals surface area contributed by atoms with Gasteiger partial charge in [0, 0.05) is 22.2 Å². The molecule has 0 bridgehead atoms. The van der Waals surface area contributed by atoms with Crippen molar-refractivity contribution in [2.45, 2.75) is 6.54 Å². The van der Waals surface area contributed by atoms with Crippen molar-refractivity contribution in [3.05, 3.63) is 80.5 Å². The molecule has 10 heteroatoms. The number of benzene rings is 2. The fourth-order valence-electron chi connectivity index (χ4n) is 2.43. The predicted molar refractivity (Wildman–Crippen MR) is 105 cm³/mol. The van der Waals surface area contributed by atoms with Crippen molar-refractivity contribution < 1.29 is 14.5 Å². The quantitative estimate of drug-likeness (QED) is 0.456. The largest absolute Gasteiger partial charge is 0.477 e. The van der Waals surface area contributed by atoms with Crippen molar-refractivity contribution >= 4 is 40.6 Å². The Morgan fingerprint density at radius 1 is 1.21 bits per heavy atom. The van der Waals surface area contributed by atoms with Gasteiger partial charge in [-0.1, -0.05) is 41.4 Å². The number of carbonyl (C=O) groups excluding carboxylic acids is 1. The Hall–Kier alpha value is -3.10. The number of hydrogen-bond donors (Lipinski definition) is 1. The highest BCUT2D eigenvalue weighted by atomic mass is 35.5. The number of amides is 1. The minimum atomic E-state index is -0.571. The lowest BCUT2D eigenvalue weighted by Gasteiger charge is -2.11. The number of para-hydroxylation sites is 2. The van der Waals surface area contributed by atoms with Gasteiger partial charge in [0.05, 0.1) is 17.7 Å². The van der Waals surface area contributed by atoms with Crippen LogP contribution in [0.5, 0.6) is 5.75 Å². The first-order valence-electron chi connectivity index (χ1n) is 8.06. The van der Waals surface area contributed by atoms with Gasteiger partial charge in [0.15, 0.2) is 12.4 Å². The molecule has 1 aromatic heterocycles. The third kappa shape index (κ3) is 4.79. The highest BCUT2D eigenvalue weighted by molar-refractivity contribution is 6.35. The zero-order chi connectivity index (χ0) is 20.1. The van der Waals surface area contributed by atoms with Gasteiger partial charge in [-0.2, -0.15) is 5.10 Å². The van der Waals surface area contributed by atoms with Crippen LogP contribution in [0.15, 0.2) is 54.7 Å². The number of nitrogens with one attached hydrogen (secondary N) is 1. The van der Waals surface area contributed by atoms with Crippen molar-refractivity contribution in [2.75, 3.05) is 11.9 Å². The Morgan fingerprint density at radius 2 is 2.00 bits per heavy atom. The van der Waals surface area contributed by atoms with Crippen molar-refractivity contribution in [3.63, 3.8) is 0 Å². The Bertz CT molecular complexity index is 1020. The van der Waals surface area contributed by atoms with Crippen LogP contribution < -0.4 is 10.1 Å². The minimum absolute atomic E-state index is 0.0177. The van der Waals surface area contributed by atoms with Crippen LogP contribution in [0.4, 0.5) is 11.5 Å². The molecule has 0 unspecified atom stereocenters. The van der Waals surface area contributed by atoms with Crippen molar-refractivity contribution in [2.24, 2.45) is 0 Å². The Balaban J connectivity index is 1.64. The molecule has 0 atom stereocenters. The lowest BCUT2D eigenvalue weighted by molar-refractivity contribution is -0.385. The molecular formula is C18H14Cl2N4O4. The molecule has 0 fully saturated rings. The number of ether oxygens (including phenoxy) is 1. The van der Waals surface area contributed by atoms with E-state index in [1.165, 1.54) is 24.4 Å². The summed E-state index contributed by atoms with van der Waals surface area (Å²) in [7, 11) is 0. The van der Waals surface area contributed by atoms with E-state index < -0.39 is 17.4 Å². The zero-order valence-corrected chi connectivity index (χ0v) is 15.9. The molecule has 0 aliphatic rings. The van der Waals surface area contributed by atoms with Gasteiger partial charge in [-0.25, -0.2) is 4.68 Å². The molecule has 1 N–H and O–H groups in total. The zero-order valence-electron chi connectivity index (χ0n) is 14.3. The fraction of sp³-hybridized carbons (Fsp3) is 0.111. The molecule has 1 heterocycles. The van der Waals surface area contributed by atoms with E-state index in [2.05, 4.69) is 10.4 Å². The Kier molecular flexibility index (Phi) is 6.13. The number of rotatable bonds is 7. The lowest BCUT2D eigenvalue weighted by atomic mass is 10.2. The van der Waals surface area contributed by atoms with Crippen LogP contribution in [0.1, 0.15) is 5.56 Å². The topological polar surface area (TPSA) is 99.3 Å². The van der Waals surface area contributed by atoms with Gasteiger partial charge < -0.3 is 10.1 Å². The van der Waals surface area contributed by atoms with E-state index >= 15 is 0 Å². The average molecular weight is 421 g/mol. The molecule has 3 aromatic rings. The van der Waals surface area contributed by atoms with Crippen LogP contribution in [0.25, 0.3) is 0 Å². The SMILES string of the molecule is O=C(COc1ccccc1[N+](=O)[O-])Nc1ccnn1Cc1ccc(Cl)cc1Cl.